The van der Waals surface area contributed by atoms with Gasteiger partial charge in [0.05, 0.1) is 33.4 Å². The smallest absolute Gasteiger partial charge is 0.0547 e. The summed E-state index contributed by atoms with van der Waals surface area (Å²) in [5, 5.41) is 7.56. The van der Waals surface area contributed by atoms with Crippen LogP contribution in [0.15, 0.2) is 158 Å². The second kappa shape index (κ2) is 14.6. The molecule has 0 saturated heterocycles. The second-order valence-electron chi connectivity index (χ2n) is 22.3. The van der Waals surface area contributed by atoms with Gasteiger partial charge in [-0.1, -0.05) is 204 Å². The Morgan fingerprint density at radius 2 is 0.516 bits per heavy atom. The summed E-state index contributed by atoms with van der Waals surface area (Å²) in [6.07, 6.45) is 0. The number of benzene rings is 8. The summed E-state index contributed by atoms with van der Waals surface area (Å²) in [5.41, 5.74) is 17.5. The summed E-state index contributed by atoms with van der Waals surface area (Å²) in [7, 11) is 0. The number of rotatable bonds is 4. The van der Waals surface area contributed by atoms with Crippen molar-refractivity contribution in [2.45, 2.75) is 105 Å². The first kappa shape index (κ1) is 41.6. The second-order valence-corrected chi connectivity index (χ2v) is 22.3. The van der Waals surface area contributed by atoms with Crippen molar-refractivity contribution in [3.63, 3.8) is 0 Å². The molecule has 2 heteroatoms. The zero-order valence-corrected chi connectivity index (χ0v) is 39.9. The fourth-order valence-electron chi connectivity index (χ4n) is 9.99. The standard InChI is InChI=1S/C62H62N2/c1-59(2,3)41-23-27-45-46-28-24-42(60(4,5)6)36-54(46)63(53(45)35-41)51-33-31-50-49(57(51)39-19-15-13-16-20-39)32-34-52(58(50)40-21-17-14-18-22-40)64-55-37-43(61(7,8)9)25-29-47(55)48-30-26-44(38-56(48)64)62(10,11)12/h13-38H,1-12H3. The molecule has 0 fully saturated rings. The SMILES string of the molecule is CC(C)(C)c1ccc2c3ccc(C(C)(C)C)cc3n(-c3ccc4c(-c5ccccc5)c(-n5c6cc(C(C)(C)C)ccc6c6ccc(C(C)(C)C)cc65)ccc4c3-c3ccccc3)c2c1. The molecular weight excluding hydrogens is 773 g/mol. The van der Waals surface area contributed by atoms with E-state index in [1.807, 2.05) is 0 Å². The third-order valence-corrected chi connectivity index (χ3v) is 13.8. The number of nitrogens with zero attached hydrogens (tertiary/aromatic N) is 2. The van der Waals surface area contributed by atoms with E-state index in [0.717, 1.165) is 0 Å². The molecule has 2 heterocycles. The van der Waals surface area contributed by atoms with Gasteiger partial charge < -0.3 is 9.13 Å². The van der Waals surface area contributed by atoms with E-state index in [1.54, 1.807) is 0 Å². The van der Waals surface area contributed by atoms with E-state index in [2.05, 4.69) is 250 Å². The maximum Gasteiger partial charge on any atom is 0.0547 e. The highest BCUT2D eigenvalue weighted by molar-refractivity contribution is 6.15. The maximum absolute atomic E-state index is 2.57. The van der Waals surface area contributed by atoms with Crippen molar-refractivity contribution in [2.24, 2.45) is 0 Å². The summed E-state index contributed by atoms with van der Waals surface area (Å²) < 4.78 is 5.14. The van der Waals surface area contributed by atoms with Crippen LogP contribution in [0.3, 0.4) is 0 Å². The topological polar surface area (TPSA) is 9.86 Å². The summed E-state index contributed by atoms with van der Waals surface area (Å²) in [5.74, 6) is 0. The number of aromatic nitrogens is 2. The Morgan fingerprint density at radius 3 is 0.766 bits per heavy atom. The maximum atomic E-state index is 2.57. The first-order chi connectivity index (χ1) is 30.3. The Morgan fingerprint density at radius 1 is 0.266 bits per heavy atom. The molecule has 64 heavy (non-hydrogen) atoms. The first-order valence-electron chi connectivity index (χ1n) is 23.2. The van der Waals surface area contributed by atoms with Crippen LogP contribution in [0.5, 0.6) is 0 Å². The highest BCUT2D eigenvalue weighted by Crippen LogP contribution is 2.47. The van der Waals surface area contributed by atoms with Gasteiger partial charge in [-0.2, -0.15) is 0 Å². The molecule has 0 aliphatic heterocycles. The lowest BCUT2D eigenvalue weighted by molar-refractivity contribution is 0.590. The summed E-state index contributed by atoms with van der Waals surface area (Å²) in [4.78, 5) is 0. The van der Waals surface area contributed by atoms with Gasteiger partial charge in [0, 0.05) is 32.7 Å². The van der Waals surface area contributed by atoms with Gasteiger partial charge in [-0.05, 0) is 102 Å². The predicted molar refractivity (Wildman–Crippen MR) is 278 cm³/mol. The van der Waals surface area contributed by atoms with Crippen LogP contribution in [0.4, 0.5) is 0 Å². The van der Waals surface area contributed by atoms with Gasteiger partial charge in [0.1, 0.15) is 0 Å². The molecule has 2 nitrogen and oxygen atoms in total. The van der Waals surface area contributed by atoms with Gasteiger partial charge in [0.25, 0.3) is 0 Å². The first-order valence-corrected chi connectivity index (χ1v) is 23.2. The largest absolute Gasteiger partial charge is 0.309 e. The van der Waals surface area contributed by atoms with Crippen LogP contribution < -0.4 is 0 Å². The minimum absolute atomic E-state index is 0.00717. The van der Waals surface area contributed by atoms with E-state index >= 15 is 0 Å². The predicted octanol–water partition coefficient (Wildman–Crippen LogP) is 17.6. The van der Waals surface area contributed by atoms with E-state index < -0.39 is 0 Å². The van der Waals surface area contributed by atoms with Crippen molar-refractivity contribution in [1.29, 1.82) is 0 Å². The van der Waals surface area contributed by atoms with Gasteiger partial charge in [-0.25, -0.2) is 0 Å². The average molecular weight is 835 g/mol. The van der Waals surface area contributed by atoms with E-state index in [9.17, 15) is 0 Å². The fourth-order valence-corrected chi connectivity index (χ4v) is 9.99. The van der Waals surface area contributed by atoms with Crippen molar-refractivity contribution < 1.29 is 0 Å². The molecule has 320 valence electrons. The Balaban J connectivity index is 1.37. The molecule has 10 rings (SSSR count). The third-order valence-electron chi connectivity index (χ3n) is 13.8. The molecule has 0 saturated carbocycles. The molecule has 2 aromatic heterocycles. The van der Waals surface area contributed by atoms with Crippen LogP contribution in [-0.4, -0.2) is 9.13 Å². The van der Waals surface area contributed by atoms with Crippen molar-refractivity contribution >= 4 is 54.4 Å². The highest BCUT2D eigenvalue weighted by atomic mass is 15.0. The van der Waals surface area contributed by atoms with Gasteiger partial charge in [-0.15, -0.1) is 0 Å². The van der Waals surface area contributed by atoms with Crippen LogP contribution in [0, 0.1) is 0 Å². The molecule has 0 N–H and O–H groups in total. The van der Waals surface area contributed by atoms with Crippen LogP contribution in [0.25, 0.3) is 88.0 Å². The fraction of sp³-hybridized carbons (Fsp3) is 0.258. The zero-order chi connectivity index (χ0) is 45.1. The number of hydrogen-bond acceptors (Lipinski definition) is 0. The molecule has 0 radical (unpaired) electrons. The van der Waals surface area contributed by atoms with Crippen LogP contribution in [0.2, 0.25) is 0 Å². The monoisotopic (exact) mass is 834 g/mol. The lowest BCUT2D eigenvalue weighted by Crippen LogP contribution is -2.11. The lowest BCUT2D eigenvalue weighted by Gasteiger charge is -2.23. The Hall–Kier alpha value is -6.38. The quantitative estimate of drug-likeness (QED) is 0.167. The van der Waals surface area contributed by atoms with E-state index in [-0.39, 0.29) is 21.7 Å². The molecule has 8 aromatic carbocycles. The molecule has 0 amide bonds. The van der Waals surface area contributed by atoms with Crippen molar-refractivity contribution in [3.8, 4) is 33.6 Å². The van der Waals surface area contributed by atoms with Crippen LogP contribution in [0.1, 0.15) is 105 Å². The Bertz CT molecular complexity index is 3060. The molecule has 0 atom stereocenters. The average Bonchev–Trinajstić information content (AvgIpc) is 3.76. The van der Waals surface area contributed by atoms with Crippen LogP contribution >= 0.6 is 0 Å². The molecule has 0 aliphatic rings. The molecule has 10 aromatic rings. The van der Waals surface area contributed by atoms with Gasteiger partial charge in [0.15, 0.2) is 0 Å². The zero-order valence-electron chi connectivity index (χ0n) is 39.9. The van der Waals surface area contributed by atoms with Crippen molar-refractivity contribution in [2.75, 3.05) is 0 Å². The van der Waals surface area contributed by atoms with Gasteiger partial charge in [-0.3, -0.25) is 0 Å². The van der Waals surface area contributed by atoms with Crippen LogP contribution in [-0.2, 0) is 21.7 Å². The summed E-state index contributed by atoms with van der Waals surface area (Å²) in [6, 6.07) is 60.4. The Kier molecular flexibility index (Phi) is 9.48. The highest BCUT2D eigenvalue weighted by Gasteiger charge is 2.27. The minimum atomic E-state index is -0.00717. The lowest BCUT2D eigenvalue weighted by atomic mass is 9.86. The third kappa shape index (κ3) is 6.85. The molecule has 0 unspecified atom stereocenters. The van der Waals surface area contributed by atoms with Crippen molar-refractivity contribution in [1.82, 2.24) is 9.13 Å². The minimum Gasteiger partial charge on any atom is -0.309 e. The van der Waals surface area contributed by atoms with Gasteiger partial charge in [0.2, 0.25) is 0 Å². The summed E-state index contributed by atoms with van der Waals surface area (Å²) >= 11 is 0. The number of fused-ring (bicyclic) bond motifs is 7. The summed E-state index contributed by atoms with van der Waals surface area (Å²) in [6.45, 7) is 27.8. The van der Waals surface area contributed by atoms with E-state index in [4.69, 9.17) is 0 Å². The van der Waals surface area contributed by atoms with Crippen molar-refractivity contribution in [3.05, 3.63) is 180 Å². The Labute approximate surface area is 380 Å². The number of hydrogen-bond donors (Lipinski definition) is 0. The van der Waals surface area contributed by atoms with E-state index in [0.29, 0.717) is 0 Å². The molecule has 0 bridgehead atoms. The normalized spacial score (nSPS) is 13.0. The molecule has 0 spiro atoms. The van der Waals surface area contributed by atoms with Gasteiger partial charge >= 0.3 is 0 Å². The molecule has 0 aliphatic carbocycles. The van der Waals surface area contributed by atoms with E-state index in [1.165, 1.54) is 110 Å². The molecular formula is C62H62N2.